The first kappa shape index (κ1) is 16.3. The fraction of sp³-hybridized carbons (Fsp3) is 0.667. The van der Waals surface area contributed by atoms with Crippen LogP contribution < -0.4 is 5.32 Å². The Morgan fingerprint density at radius 3 is 2.35 bits per heavy atom. The quantitative estimate of drug-likeness (QED) is 0.639. The molecule has 2 rings (SSSR count). The van der Waals surface area contributed by atoms with Crippen molar-refractivity contribution in [2.24, 2.45) is 5.41 Å². The normalized spacial score (nSPS) is 19.1. The zero-order valence-electron chi connectivity index (χ0n) is 12.9. The van der Waals surface area contributed by atoms with Crippen molar-refractivity contribution >= 4 is 22.6 Å². The molecule has 0 saturated heterocycles. The van der Waals surface area contributed by atoms with E-state index < -0.39 is 0 Å². The topological polar surface area (TPSA) is 12.0 Å². The minimum absolute atomic E-state index is 0.540. The van der Waals surface area contributed by atoms with Gasteiger partial charge < -0.3 is 5.32 Å². The largest absolute Gasteiger partial charge is 0.313 e. The Kier molecular flexibility index (Phi) is 6.34. The van der Waals surface area contributed by atoms with Crippen molar-refractivity contribution in [1.82, 2.24) is 5.32 Å². The number of rotatable bonds is 7. The first-order valence-corrected chi connectivity index (χ1v) is 9.26. The third-order valence-corrected chi connectivity index (χ3v) is 5.76. The Hall–Kier alpha value is -0.0900. The van der Waals surface area contributed by atoms with Crippen LogP contribution in [0.1, 0.15) is 57.9 Å². The molecule has 2 heteroatoms. The molecular weight excluding hydrogens is 357 g/mol. The highest BCUT2D eigenvalue weighted by atomic mass is 127. The van der Waals surface area contributed by atoms with E-state index in [1.54, 1.807) is 0 Å². The molecule has 0 heterocycles. The molecule has 0 aromatic heterocycles. The Morgan fingerprint density at radius 2 is 1.80 bits per heavy atom. The van der Waals surface area contributed by atoms with E-state index in [4.69, 9.17) is 0 Å². The molecule has 0 aliphatic heterocycles. The predicted molar refractivity (Wildman–Crippen MR) is 96.1 cm³/mol. The Morgan fingerprint density at radius 1 is 1.15 bits per heavy atom. The van der Waals surface area contributed by atoms with Gasteiger partial charge >= 0.3 is 0 Å². The summed E-state index contributed by atoms with van der Waals surface area (Å²) in [5.41, 5.74) is 2.02. The minimum Gasteiger partial charge on any atom is -0.313 e. The van der Waals surface area contributed by atoms with Crippen LogP contribution in [0, 0.1) is 8.99 Å². The summed E-state index contributed by atoms with van der Waals surface area (Å²) in [7, 11) is 0. The third-order valence-electron chi connectivity index (χ3n) is 5.04. The highest BCUT2D eigenvalue weighted by molar-refractivity contribution is 14.1. The summed E-state index contributed by atoms with van der Waals surface area (Å²) >= 11 is 2.39. The van der Waals surface area contributed by atoms with Crippen LogP contribution in [0.4, 0.5) is 0 Å². The van der Waals surface area contributed by atoms with Gasteiger partial charge in [-0.05, 0) is 84.4 Å². The molecule has 1 fully saturated rings. The van der Waals surface area contributed by atoms with E-state index in [0.717, 1.165) is 6.54 Å². The summed E-state index contributed by atoms with van der Waals surface area (Å²) < 4.78 is 1.33. The molecule has 1 unspecified atom stereocenters. The number of nitrogens with one attached hydrogen (secondary N) is 1. The molecule has 0 amide bonds. The van der Waals surface area contributed by atoms with Crippen molar-refractivity contribution in [3.63, 3.8) is 0 Å². The molecule has 1 aromatic rings. The number of hydrogen-bond acceptors (Lipinski definition) is 1. The Bertz CT molecular complexity index is 392. The monoisotopic (exact) mass is 385 g/mol. The van der Waals surface area contributed by atoms with Crippen LogP contribution in [0.5, 0.6) is 0 Å². The Labute approximate surface area is 138 Å². The smallest absolute Gasteiger partial charge is 0.0164 e. The van der Waals surface area contributed by atoms with Gasteiger partial charge in [0.15, 0.2) is 0 Å². The highest BCUT2D eigenvalue weighted by Crippen LogP contribution is 2.44. The minimum atomic E-state index is 0.540. The van der Waals surface area contributed by atoms with E-state index in [1.807, 2.05) is 0 Å². The van der Waals surface area contributed by atoms with Gasteiger partial charge in [-0.1, -0.05) is 38.8 Å². The summed E-state index contributed by atoms with van der Waals surface area (Å²) in [6.07, 6.45) is 9.40. The second kappa shape index (κ2) is 7.79. The SMILES string of the molecule is CCCNC(Cc1ccc(I)cc1)C1(CC)CCCC1. The van der Waals surface area contributed by atoms with Gasteiger partial charge in [0.1, 0.15) is 0 Å². The van der Waals surface area contributed by atoms with Gasteiger partial charge in [0.05, 0.1) is 0 Å². The summed E-state index contributed by atoms with van der Waals surface area (Å²) in [5, 5.41) is 3.86. The molecule has 112 valence electrons. The van der Waals surface area contributed by atoms with Crippen molar-refractivity contribution in [1.29, 1.82) is 0 Å². The first-order chi connectivity index (χ1) is 9.70. The van der Waals surface area contributed by atoms with E-state index in [1.165, 1.54) is 54.1 Å². The van der Waals surface area contributed by atoms with Crippen LogP contribution in [-0.2, 0) is 6.42 Å². The average Bonchev–Trinajstić information content (AvgIpc) is 2.95. The summed E-state index contributed by atoms with van der Waals surface area (Å²) in [6, 6.07) is 9.73. The molecule has 1 N–H and O–H groups in total. The summed E-state index contributed by atoms with van der Waals surface area (Å²) in [5.74, 6) is 0. The van der Waals surface area contributed by atoms with E-state index >= 15 is 0 Å². The van der Waals surface area contributed by atoms with E-state index in [0.29, 0.717) is 11.5 Å². The fourth-order valence-electron chi connectivity index (χ4n) is 3.71. The second-order valence-electron chi connectivity index (χ2n) is 6.26. The van der Waals surface area contributed by atoms with Crippen LogP contribution in [0.15, 0.2) is 24.3 Å². The molecule has 1 atom stereocenters. The van der Waals surface area contributed by atoms with E-state index in [9.17, 15) is 0 Å². The zero-order valence-corrected chi connectivity index (χ0v) is 15.1. The van der Waals surface area contributed by atoms with E-state index in [2.05, 4.69) is 66.0 Å². The summed E-state index contributed by atoms with van der Waals surface area (Å²) in [6.45, 7) is 5.80. The second-order valence-corrected chi connectivity index (χ2v) is 7.51. The number of benzene rings is 1. The van der Waals surface area contributed by atoms with Gasteiger partial charge in [0.25, 0.3) is 0 Å². The Balaban J connectivity index is 2.12. The average molecular weight is 385 g/mol. The van der Waals surface area contributed by atoms with Gasteiger partial charge in [-0.25, -0.2) is 0 Å². The number of halogens is 1. The van der Waals surface area contributed by atoms with Crippen molar-refractivity contribution in [3.05, 3.63) is 33.4 Å². The molecule has 20 heavy (non-hydrogen) atoms. The number of hydrogen-bond donors (Lipinski definition) is 1. The van der Waals surface area contributed by atoms with Gasteiger partial charge in [-0.2, -0.15) is 0 Å². The molecule has 1 nitrogen and oxygen atoms in total. The van der Waals surface area contributed by atoms with Crippen molar-refractivity contribution < 1.29 is 0 Å². The maximum atomic E-state index is 3.86. The predicted octanol–water partition coefficient (Wildman–Crippen LogP) is 5.17. The maximum absolute atomic E-state index is 3.86. The van der Waals surface area contributed by atoms with E-state index in [-0.39, 0.29) is 0 Å². The lowest BCUT2D eigenvalue weighted by Crippen LogP contribution is -2.45. The lowest BCUT2D eigenvalue weighted by molar-refractivity contribution is 0.184. The van der Waals surface area contributed by atoms with Crippen LogP contribution >= 0.6 is 22.6 Å². The fourth-order valence-corrected chi connectivity index (χ4v) is 4.07. The van der Waals surface area contributed by atoms with Crippen molar-refractivity contribution in [2.75, 3.05) is 6.54 Å². The van der Waals surface area contributed by atoms with Gasteiger partial charge in [0, 0.05) is 9.61 Å². The van der Waals surface area contributed by atoms with Gasteiger partial charge in [0.2, 0.25) is 0 Å². The molecule has 0 radical (unpaired) electrons. The molecule has 1 saturated carbocycles. The zero-order chi connectivity index (χ0) is 14.4. The molecule has 0 spiro atoms. The van der Waals surface area contributed by atoms with Crippen molar-refractivity contribution in [2.45, 2.75) is 64.8 Å². The molecule has 0 bridgehead atoms. The maximum Gasteiger partial charge on any atom is 0.0164 e. The van der Waals surface area contributed by atoms with Crippen LogP contribution in [-0.4, -0.2) is 12.6 Å². The van der Waals surface area contributed by atoms with Crippen LogP contribution in [0.25, 0.3) is 0 Å². The molecule has 1 aromatic carbocycles. The summed E-state index contributed by atoms with van der Waals surface area (Å²) in [4.78, 5) is 0. The van der Waals surface area contributed by atoms with Crippen LogP contribution in [0.2, 0.25) is 0 Å². The third kappa shape index (κ3) is 3.97. The first-order valence-electron chi connectivity index (χ1n) is 8.18. The molecule has 1 aliphatic rings. The molecular formula is C18H28IN. The molecule has 1 aliphatic carbocycles. The highest BCUT2D eigenvalue weighted by Gasteiger charge is 2.39. The lowest BCUT2D eigenvalue weighted by atomic mass is 9.74. The van der Waals surface area contributed by atoms with Gasteiger partial charge in [-0.15, -0.1) is 0 Å². The van der Waals surface area contributed by atoms with Crippen LogP contribution in [0.3, 0.4) is 0 Å². The van der Waals surface area contributed by atoms with Crippen molar-refractivity contribution in [3.8, 4) is 0 Å². The standard InChI is InChI=1S/C18H28IN/c1-3-13-20-17(18(4-2)11-5-6-12-18)14-15-7-9-16(19)10-8-15/h7-10,17,20H,3-6,11-14H2,1-2H3. The lowest BCUT2D eigenvalue weighted by Gasteiger charge is -2.38. The van der Waals surface area contributed by atoms with Gasteiger partial charge in [-0.3, -0.25) is 0 Å².